The number of rotatable bonds is 4. The molecule has 0 spiro atoms. The molecule has 4 nitrogen and oxygen atoms in total. The van der Waals surface area contributed by atoms with Crippen LogP contribution in [0.1, 0.15) is 5.56 Å². The Bertz CT molecular complexity index is 500. The van der Waals surface area contributed by atoms with E-state index in [4.69, 9.17) is 10.5 Å². The van der Waals surface area contributed by atoms with Gasteiger partial charge >= 0.3 is 0 Å². The summed E-state index contributed by atoms with van der Waals surface area (Å²) in [7, 11) is 1.65. The van der Waals surface area contributed by atoms with E-state index >= 15 is 0 Å². The van der Waals surface area contributed by atoms with Crippen LogP contribution in [0.3, 0.4) is 0 Å². The number of anilines is 2. The number of benzene rings is 1. The van der Waals surface area contributed by atoms with Gasteiger partial charge in [-0.15, -0.1) is 0 Å². The molecule has 0 aliphatic heterocycles. The molecule has 0 radical (unpaired) electrons. The molecule has 4 heteroatoms. The lowest BCUT2D eigenvalue weighted by molar-refractivity contribution is 0.415. The second-order valence-electron chi connectivity index (χ2n) is 3.66. The summed E-state index contributed by atoms with van der Waals surface area (Å²) in [6, 6.07) is 9.56. The molecule has 88 valence electrons. The molecule has 0 amide bonds. The molecule has 1 aromatic carbocycles. The maximum absolute atomic E-state index is 5.84. The smallest absolute Gasteiger partial charge is 0.120 e. The first kappa shape index (κ1) is 11.3. The van der Waals surface area contributed by atoms with Crippen molar-refractivity contribution >= 4 is 11.4 Å². The highest BCUT2D eigenvalue weighted by Gasteiger charge is 1.99. The largest absolute Gasteiger partial charge is 0.497 e. The SMILES string of the molecule is COc1cccc(NCc2cnccc2N)c1. The Morgan fingerprint density at radius 2 is 2.24 bits per heavy atom. The fourth-order valence-electron chi connectivity index (χ4n) is 1.52. The van der Waals surface area contributed by atoms with Crippen LogP contribution in [0.2, 0.25) is 0 Å². The van der Waals surface area contributed by atoms with Crippen LogP contribution in [0.5, 0.6) is 5.75 Å². The van der Waals surface area contributed by atoms with Crippen LogP contribution in [0.4, 0.5) is 11.4 Å². The molecule has 0 unspecified atom stereocenters. The highest BCUT2D eigenvalue weighted by Crippen LogP contribution is 2.18. The third-order valence-electron chi connectivity index (χ3n) is 2.49. The molecule has 0 aliphatic carbocycles. The average Bonchev–Trinajstić information content (AvgIpc) is 2.38. The second-order valence-corrected chi connectivity index (χ2v) is 3.66. The van der Waals surface area contributed by atoms with E-state index in [1.807, 2.05) is 24.3 Å². The number of pyridine rings is 1. The topological polar surface area (TPSA) is 60.2 Å². The highest BCUT2D eigenvalue weighted by molar-refractivity contribution is 5.51. The molecule has 3 N–H and O–H groups in total. The first-order valence-electron chi connectivity index (χ1n) is 5.36. The number of nitrogen functional groups attached to an aromatic ring is 1. The van der Waals surface area contributed by atoms with Gasteiger partial charge in [0.1, 0.15) is 5.75 Å². The number of nitrogens with one attached hydrogen (secondary N) is 1. The predicted molar refractivity (Wildman–Crippen MR) is 69.0 cm³/mol. The van der Waals surface area contributed by atoms with Gasteiger partial charge in [-0.05, 0) is 18.2 Å². The van der Waals surface area contributed by atoms with Crippen molar-refractivity contribution in [2.75, 3.05) is 18.2 Å². The van der Waals surface area contributed by atoms with Gasteiger partial charge in [0.05, 0.1) is 7.11 Å². The Morgan fingerprint density at radius 1 is 1.35 bits per heavy atom. The quantitative estimate of drug-likeness (QED) is 0.844. The number of methoxy groups -OCH3 is 1. The number of ether oxygens (including phenoxy) is 1. The Balaban J connectivity index is 2.05. The summed E-state index contributed by atoms with van der Waals surface area (Å²) < 4.78 is 5.15. The van der Waals surface area contributed by atoms with Crippen LogP contribution in [0.15, 0.2) is 42.7 Å². The summed E-state index contributed by atoms with van der Waals surface area (Å²) in [5.74, 6) is 0.828. The maximum atomic E-state index is 5.84. The van der Waals surface area contributed by atoms with Gasteiger partial charge in [-0.1, -0.05) is 6.07 Å². The van der Waals surface area contributed by atoms with Crippen molar-refractivity contribution < 1.29 is 4.74 Å². The molecule has 0 saturated heterocycles. The lowest BCUT2D eigenvalue weighted by Gasteiger charge is -2.09. The highest BCUT2D eigenvalue weighted by atomic mass is 16.5. The summed E-state index contributed by atoms with van der Waals surface area (Å²) in [4.78, 5) is 4.05. The van der Waals surface area contributed by atoms with E-state index in [0.29, 0.717) is 6.54 Å². The zero-order chi connectivity index (χ0) is 12.1. The zero-order valence-corrected chi connectivity index (χ0v) is 9.68. The normalized spacial score (nSPS) is 9.94. The van der Waals surface area contributed by atoms with E-state index in [0.717, 1.165) is 22.7 Å². The third kappa shape index (κ3) is 2.87. The standard InChI is InChI=1S/C13H15N3O/c1-17-12-4-2-3-11(7-12)16-9-10-8-15-6-5-13(10)14/h2-8,16H,9H2,1H3,(H2,14,15). The molecule has 1 heterocycles. The van der Waals surface area contributed by atoms with E-state index in [1.165, 1.54) is 0 Å². The summed E-state index contributed by atoms with van der Waals surface area (Å²) >= 11 is 0. The Kier molecular flexibility index (Phi) is 3.45. The molecule has 0 fully saturated rings. The first-order valence-corrected chi connectivity index (χ1v) is 5.36. The van der Waals surface area contributed by atoms with Crippen LogP contribution >= 0.6 is 0 Å². The molecule has 2 rings (SSSR count). The van der Waals surface area contributed by atoms with Crippen LogP contribution in [-0.4, -0.2) is 12.1 Å². The Labute approximate surface area is 100 Å². The molecule has 2 aromatic rings. The van der Waals surface area contributed by atoms with Crippen LogP contribution in [0, 0.1) is 0 Å². The zero-order valence-electron chi connectivity index (χ0n) is 9.68. The molecule has 1 aromatic heterocycles. The number of aromatic nitrogens is 1. The van der Waals surface area contributed by atoms with E-state index in [-0.39, 0.29) is 0 Å². The van der Waals surface area contributed by atoms with Crippen molar-refractivity contribution in [2.45, 2.75) is 6.54 Å². The van der Waals surface area contributed by atoms with E-state index in [1.54, 1.807) is 25.6 Å². The maximum Gasteiger partial charge on any atom is 0.120 e. The van der Waals surface area contributed by atoms with Gasteiger partial charge in [0.25, 0.3) is 0 Å². The Hall–Kier alpha value is -2.23. The van der Waals surface area contributed by atoms with Crippen molar-refractivity contribution in [3.8, 4) is 5.75 Å². The predicted octanol–water partition coefficient (Wildman–Crippen LogP) is 2.28. The summed E-state index contributed by atoms with van der Waals surface area (Å²) in [5, 5.41) is 3.28. The molecule has 0 aliphatic rings. The average molecular weight is 229 g/mol. The van der Waals surface area contributed by atoms with Gasteiger partial charge in [-0.25, -0.2) is 0 Å². The number of hydrogen-bond donors (Lipinski definition) is 2. The molecule has 0 atom stereocenters. The van der Waals surface area contributed by atoms with Crippen molar-refractivity contribution in [3.05, 3.63) is 48.3 Å². The number of hydrogen-bond acceptors (Lipinski definition) is 4. The number of nitrogens with two attached hydrogens (primary N) is 1. The van der Waals surface area contributed by atoms with Gasteiger partial charge in [0.15, 0.2) is 0 Å². The van der Waals surface area contributed by atoms with Gasteiger partial charge in [0.2, 0.25) is 0 Å². The molecular formula is C13H15N3O. The van der Waals surface area contributed by atoms with Crippen LogP contribution in [0.25, 0.3) is 0 Å². The Morgan fingerprint density at radius 3 is 3.00 bits per heavy atom. The van der Waals surface area contributed by atoms with E-state index in [9.17, 15) is 0 Å². The van der Waals surface area contributed by atoms with Crippen molar-refractivity contribution in [3.63, 3.8) is 0 Å². The van der Waals surface area contributed by atoms with Gasteiger partial charge < -0.3 is 15.8 Å². The second kappa shape index (κ2) is 5.21. The van der Waals surface area contributed by atoms with Gasteiger partial charge in [0, 0.05) is 41.9 Å². The first-order chi connectivity index (χ1) is 8.29. The van der Waals surface area contributed by atoms with E-state index < -0.39 is 0 Å². The van der Waals surface area contributed by atoms with Crippen LogP contribution < -0.4 is 15.8 Å². The van der Waals surface area contributed by atoms with Crippen LogP contribution in [-0.2, 0) is 6.54 Å². The summed E-state index contributed by atoms with van der Waals surface area (Å²) in [6.45, 7) is 0.646. The third-order valence-corrected chi connectivity index (χ3v) is 2.49. The minimum Gasteiger partial charge on any atom is -0.497 e. The fraction of sp³-hybridized carbons (Fsp3) is 0.154. The minimum absolute atomic E-state index is 0.646. The molecule has 0 saturated carbocycles. The summed E-state index contributed by atoms with van der Waals surface area (Å²) in [6.07, 6.45) is 3.45. The van der Waals surface area contributed by atoms with Crippen molar-refractivity contribution in [1.82, 2.24) is 4.98 Å². The van der Waals surface area contributed by atoms with E-state index in [2.05, 4.69) is 10.3 Å². The monoisotopic (exact) mass is 229 g/mol. The minimum atomic E-state index is 0.646. The fourth-order valence-corrected chi connectivity index (χ4v) is 1.52. The van der Waals surface area contributed by atoms with Crippen molar-refractivity contribution in [2.24, 2.45) is 0 Å². The lowest BCUT2D eigenvalue weighted by Crippen LogP contribution is -2.03. The molecule has 17 heavy (non-hydrogen) atoms. The van der Waals surface area contributed by atoms with Gasteiger partial charge in [-0.3, -0.25) is 4.98 Å². The lowest BCUT2D eigenvalue weighted by atomic mass is 10.2. The van der Waals surface area contributed by atoms with Gasteiger partial charge in [-0.2, -0.15) is 0 Å². The van der Waals surface area contributed by atoms with Crippen molar-refractivity contribution in [1.29, 1.82) is 0 Å². The molecule has 0 bridgehead atoms. The summed E-state index contributed by atoms with van der Waals surface area (Å²) in [5.41, 5.74) is 8.56. The molecular weight excluding hydrogens is 214 g/mol. The number of nitrogens with zero attached hydrogens (tertiary/aromatic N) is 1.